The molecule has 3 rings (SSSR count). The van der Waals surface area contributed by atoms with Gasteiger partial charge in [0.1, 0.15) is 6.04 Å². The second-order valence-electron chi connectivity index (χ2n) is 6.26. The topological polar surface area (TPSA) is 66.9 Å². The predicted octanol–water partition coefficient (Wildman–Crippen LogP) is 2.20. The summed E-state index contributed by atoms with van der Waals surface area (Å²) in [7, 11) is 0. The number of carbonyl (C=O) groups excluding carboxylic acids is 3. The van der Waals surface area contributed by atoms with Crippen molar-refractivity contribution in [2.24, 2.45) is 5.92 Å². The highest BCUT2D eigenvalue weighted by molar-refractivity contribution is 7.99. The SMILES string of the molecule is CCOC(=O)[C@@H]1CSCCN1C(=O)[C@@H]1CC(=O)N(c2cccc(Cl)c2)C1. The Labute approximate surface area is 161 Å². The second-order valence-corrected chi connectivity index (χ2v) is 7.85. The summed E-state index contributed by atoms with van der Waals surface area (Å²) in [5.41, 5.74) is 0.689. The third kappa shape index (κ3) is 3.99. The van der Waals surface area contributed by atoms with Crippen LogP contribution in [0.15, 0.2) is 24.3 Å². The van der Waals surface area contributed by atoms with Crippen molar-refractivity contribution < 1.29 is 19.1 Å². The monoisotopic (exact) mass is 396 g/mol. The maximum Gasteiger partial charge on any atom is 0.329 e. The number of rotatable bonds is 4. The number of thioether (sulfide) groups is 1. The van der Waals surface area contributed by atoms with Crippen LogP contribution in [0.4, 0.5) is 5.69 Å². The Kier molecular flexibility index (Phi) is 6.09. The van der Waals surface area contributed by atoms with Crippen LogP contribution in [0.3, 0.4) is 0 Å². The van der Waals surface area contributed by atoms with Crippen molar-refractivity contribution in [3.05, 3.63) is 29.3 Å². The molecule has 2 saturated heterocycles. The molecule has 1 aromatic carbocycles. The molecule has 2 fully saturated rings. The molecule has 6 nitrogen and oxygen atoms in total. The number of hydrogen-bond donors (Lipinski definition) is 0. The van der Waals surface area contributed by atoms with Gasteiger partial charge < -0.3 is 14.5 Å². The maximum atomic E-state index is 13.0. The van der Waals surface area contributed by atoms with Crippen LogP contribution in [0, 0.1) is 5.92 Å². The van der Waals surface area contributed by atoms with Gasteiger partial charge in [-0.15, -0.1) is 0 Å². The van der Waals surface area contributed by atoms with E-state index in [0.717, 1.165) is 5.75 Å². The number of hydrogen-bond acceptors (Lipinski definition) is 5. The van der Waals surface area contributed by atoms with Gasteiger partial charge in [0.15, 0.2) is 0 Å². The number of halogens is 1. The quantitative estimate of drug-likeness (QED) is 0.730. The molecule has 2 aliphatic heterocycles. The summed E-state index contributed by atoms with van der Waals surface area (Å²) in [4.78, 5) is 40.8. The Morgan fingerprint density at radius 3 is 2.92 bits per heavy atom. The highest BCUT2D eigenvalue weighted by atomic mass is 35.5. The van der Waals surface area contributed by atoms with Crippen molar-refractivity contribution in [3.8, 4) is 0 Å². The van der Waals surface area contributed by atoms with Gasteiger partial charge in [-0.25, -0.2) is 4.79 Å². The van der Waals surface area contributed by atoms with E-state index < -0.39 is 12.0 Å². The van der Waals surface area contributed by atoms with E-state index >= 15 is 0 Å². The molecular formula is C18H21ClN2O4S. The van der Waals surface area contributed by atoms with Crippen molar-refractivity contribution >= 4 is 46.8 Å². The van der Waals surface area contributed by atoms with E-state index in [1.165, 1.54) is 0 Å². The Bertz CT molecular complexity index is 714. The van der Waals surface area contributed by atoms with Crippen molar-refractivity contribution in [1.29, 1.82) is 0 Å². The average Bonchev–Trinajstić information content (AvgIpc) is 3.03. The van der Waals surface area contributed by atoms with E-state index in [1.54, 1.807) is 52.8 Å². The first-order valence-corrected chi connectivity index (χ1v) is 10.1. The van der Waals surface area contributed by atoms with Gasteiger partial charge in [-0.05, 0) is 25.1 Å². The summed E-state index contributed by atoms with van der Waals surface area (Å²) in [5.74, 6) is 0.223. The van der Waals surface area contributed by atoms with Crippen LogP contribution in [0.25, 0.3) is 0 Å². The van der Waals surface area contributed by atoms with E-state index in [4.69, 9.17) is 16.3 Å². The molecule has 8 heteroatoms. The number of nitrogens with zero attached hydrogens (tertiary/aromatic N) is 2. The molecule has 0 aliphatic carbocycles. The summed E-state index contributed by atoms with van der Waals surface area (Å²) < 4.78 is 5.11. The highest BCUT2D eigenvalue weighted by Crippen LogP contribution is 2.29. The van der Waals surface area contributed by atoms with Gasteiger partial charge in [0.25, 0.3) is 0 Å². The zero-order valence-electron chi connectivity index (χ0n) is 14.5. The van der Waals surface area contributed by atoms with Crippen LogP contribution in [-0.2, 0) is 19.1 Å². The first-order valence-electron chi connectivity index (χ1n) is 8.62. The molecule has 0 aromatic heterocycles. The lowest BCUT2D eigenvalue weighted by Crippen LogP contribution is -2.53. The molecule has 2 amide bonds. The Hall–Kier alpha value is -1.73. The van der Waals surface area contributed by atoms with Gasteiger partial charge in [-0.2, -0.15) is 11.8 Å². The van der Waals surface area contributed by atoms with Crippen LogP contribution in [0.1, 0.15) is 13.3 Å². The third-order valence-electron chi connectivity index (χ3n) is 4.56. The van der Waals surface area contributed by atoms with Crippen LogP contribution < -0.4 is 4.90 Å². The fourth-order valence-corrected chi connectivity index (χ4v) is 4.52. The fourth-order valence-electron chi connectivity index (χ4n) is 3.30. The molecule has 0 unspecified atom stereocenters. The van der Waals surface area contributed by atoms with E-state index in [2.05, 4.69) is 0 Å². The minimum Gasteiger partial charge on any atom is -0.464 e. The Balaban J connectivity index is 1.73. The van der Waals surface area contributed by atoms with Crippen LogP contribution in [0.5, 0.6) is 0 Å². The van der Waals surface area contributed by atoms with Gasteiger partial charge in [0, 0.05) is 41.7 Å². The van der Waals surface area contributed by atoms with Gasteiger partial charge in [-0.3, -0.25) is 9.59 Å². The standard InChI is InChI=1S/C18H21ClN2O4S/c1-2-25-18(24)15-11-26-7-6-20(15)17(23)12-8-16(22)21(10-12)14-5-3-4-13(19)9-14/h3-5,9,12,15H,2,6-8,10-11H2,1H3/t12-,15+/m1/s1. The minimum absolute atomic E-state index is 0.107. The maximum absolute atomic E-state index is 13.0. The van der Waals surface area contributed by atoms with Crippen molar-refractivity contribution in [2.45, 2.75) is 19.4 Å². The van der Waals surface area contributed by atoms with Crippen LogP contribution in [-0.4, -0.2) is 59.9 Å². The zero-order valence-corrected chi connectivity index (χ0v) is 16.1. The number of amides is 2. The molecule has 2 heterocycles. The molecule has 0 N–H and O–H groups in total. The largest absolute Gasteiger partial charge is 0.464 e. The van der Waals surface area contributed by atoms with E-state index in [1.807, 2.05) is 0 Å². The smallest absolute Gasteiger partial charge is 0.329 e. The third-order valence-corrected chi connectivity index (χ3v) is 5.82. The molecule has 0 spiro atoms. The number of benzene rings is 1. The summed E-state index contributed by atoms with van der Waals surface area (Å²) in [6.45, 7) is 2.83. The summed E-state index contributed by atoms with van der Waals surface area (Å²) in [5, 5.41) is 0.542. The average molecular weight is 397 g/mol. The van der Waals surface area contributed by atoms with Gasteiger partial charge in [-0.1, -0.05) is 17.7 Å². The van der Waals surface area contributed by atoms with E-state index in [0.29, 0.717) is 29.6 Å². The Morgan fingerprint density at radius 1 is 1.38 bits per heavy atom. The van der Waals surface area contributed by atoms with Crippen LogP contribution >= 0.6 is 23.4 Å². The van der Waals surface area contributed by atoms with E-state index in [9.17, 15) is 14.4 Å². The van der Waals surface area contributed by atoms with Crippen molar-refractivity contribution in [1.82, 2.24) is 4.90 Å². The lowest BCUT2D eigenvalue weighted by atomic mass is 10.1. The normalized spacial score (nSPS) is 23.2. The van der Waals surface area contributed by atoms with Crippen molar-refractivity contribution in [2.75, 3.05) is 36.1 Å². The Morgan fingerprint density at radius 2 is 2.19 bits per heavy atom. The number of esters is 1. The molecule has 2 atom stereocenters. The summed E-state index contributed by atoms with van der Waals surface area (Å²) in [6.07, 6.45) is 0.143. The number of ether oxygens (including phenoxy) is 1. The van der Waals surface area contributed by atoms with E-state index in [-0.39, 0.29) is 30.8 Å². The summed E-state index contributed by atoms with van der Waals surface area (Å²) in [6, 6.07) is 6.46. The molecule has 140 valence electrons. The lowest BCUT2D eigenvalue weighted by molar-refractivity contribution is -0.155. The first-order chi connectivity index (χ1) is 12.5. The zero-order chi connectivity index (χ0) is 18.7. The molecule has 1 aromatic rings. The lowest BCUT2D eigenvalue weighted by Gasteiger charge is -2.35. The second kappa shape index (κ2) is 8.31. The molecule has 0 saturated carbocycles. The highest BCUT2D eigenvalue weighted by Gasteiger charge is 2.41. The fraction of sp³-hybridized carbons (Fsp3) is 0.500. The van der Waals surface area contributed by atoms with Crippen molar-refractivity contribution in [3.63, 3.8) is 0 Å². The minimum atomic E-state index is -0.573. The van der Waals surface area contributed by atoms with Crippen LogP contribution in [0.2, 0.25) is 5.02 Å². The number of anilines is 1. The van der Waals surface area contributed by atoms with Gasteiger partial charge >= 0.3 is 5.97 Å². The predicted molar refractivity (Wildman–Crippen MR) is 101 cm³/mol. The molecular weight excluding hydrogens is 376 g/mol. The summed E-state index contributed by atoms with van der Waals surface area (Å²) >= 11 is 7.64. The van der Waals surface area contributed by atoms with Gasteiger partial charge in [0.05, 0.1) is 12.5 Å². The number of carbonyl (C=O) groups is 3. The molecule has 26 heavy (non-hydrogen) atoms. The molecule has 0 bridgehead atoms. The first kappa shape index (κ1) is 19.0. The molecule has 0 radical (unpaired) electrons. The van der Waals surface area contributed by atoms with Gasteiger partial charge in [0.2, 0.25) is 11.8 Å². The molecule has 2 aliphatic rings.